The maximum atomic E-state index is 11.7. The fraction of sp³-hybridized carbons (Fsp3) is 0.222. The topological polar surface area (TPSA) is 73.9 Å². The molecule has 7 heteroatoms. The van der Waals surface area contributed by atoms with Crippen LogP contribution in [-0.4, -0.2) is 32.2 Å². The highest BCUT2D eigenvalue weighted by Crippen LogP contribution is 2.13. The molecule has 1 amide bonds. The van der Waals surface area contributed by atoms with Gasteiger partial charge >= 0.3 is 5.97 Å². The molecule has 0 saturated heterocycles. The molecule has 132 valence electrons. The highest BCUT2D eigenvalue weighted by Gasteiger charge is 2.08. The number of halogens is 1. The average molecular weight is 455 g/mol. The van der Waals surface area contributed by atoms with Crippen molar-refractivity contribution in [2.75, 3.05) is 20.3 Å². The van der Waals surface area contributed by atoms with Crippen molar-refractivity contribution in [2.45, 2.75) is 6.54 Å². The van der Waals surface area contributed by atoms with Crippen LogP contribution in [-0.2, 0) is 20.9 Å². The Kier molecular flexibility index (Phi) is 7.52. The first-order chi connectivity index (χ1) is 12.1. The van der Waals surface area contributed by atoms with Gasteiger partial charge in [-0.3, -0.25) is 4.79 Å². The van der Waals surface area contributed by atoms with Crippen LogP contribution in [0.1, 0.15) is 5.56 Å². The predicted octanol–water partition coefficient (Wildman–Crippen LogP) is 2.54. The molecular formula is C18H18INO5. The molecule has 0 aliphatic heterocycles. The Morgan fingerprint density at radius 2 is 1.80 bits per heavy atom. The smallest absolute Gasteiger partial charge is 0.344 e. The Labute approximate surface area is 159 Å². The lowest BCUT2D eigenvalue weighted by Gasteiger charge is -2.08. The third kappa shape index (κ3) is 7.00. The number of methoxy groups -OCH3 is 1. The summed E-state index contributed by atoms with van der Waals surface area (Å²) in [6.45, 7) is -0.269. The molecule has 0 unspecified atom stereocenters. The molecule has 1 N–H and O–H groups in total. The summed E-state index contributed by atoms with van der Waals surface area (Å²) in [6.07, 6.45) is 0. The second kappa shape index (κ2) is 9.87. The zero-order chi connectivity index (χ0) is 18.1. The van der Waals surface area contributed by atoms with Gasteiger partial charge in [-0.1, -0.05) is 12.1 Å². The molecule has 2 rings (SSSR count). The lowest BCUT2D eigenvalue weighted by atomic mass is 10.2. The Balaban J connectivity index is 1.66. The molecule has 0 spiro atoms. The van der Waals surface area contributed by atoms with E-state index in [9.17, 15) is 9.59 Å². The molecule has 0 heterocycles. The number of benzene rings is 2. The molecule has 2 aromatic carbocycles. The highest BCUT2D eigenvalue weighted by molar-refractivity contribution is 14.1. The summed E-state index contributed by atoms with van der Waals surface area (Å²) in [5.41, 5.74) is 0.890. The van der Waals surface area contributed by atoms with E-state index in [1.54, 1.807) is 19.2 Å². The molecule has 2 aromatic rings. The van der Waals surface area contributed by atoms with E-state index in [1.165, 1.54) is 0 Å². The fourth-order valence-electron chi connectivity index (χ4n) is 1.89. The van der Waals surface area contributed by atoms with Crippen LogP contribution in [0, 0.1) is 3.57 Å². The predicted molar refractivity (Wildman–Crippen MR) is 100 cm³/mol. The Morgan fingerprint density at radius 3 is 2.52 bits per heavy atom. The van der Waals surface area contributed by atoms with Gasteiger partial charge in [0.15, 0.2) is 13.2 Å². The number of amides is 1. The first-order valence-corrected chi connectivity index (χ1v) is 8.58. The van der Waals surface area contributed by atoms with Crippen LogP contribution >= 0.6 is 22.6 Å². The number of hydrogen-bond donors (Lipinski definition) is 1. The molecule has 0 aliphatic carbocycles. The molecule has 0 aliphatic rings. The van der Waals surface area contributed by atoms with Gasteiger partial charge in [0, 0.05) is 10.1 Å². The highest BCUT2D eigenvalue weighted by atomic mass is 127. The number of esters is 1. The lowest BCUT2D eigenvalue weighted by Crippen LogP contribution is -2.29. The number of carbonyl (C=O) groups is 2. The molecule has 0 bridgehead atoms. The molecule has 0 fully saturated rings. The minimum absolute atomic E-state index is 0.246. The summed E-state index contributed by atoms with van der Waals surface area (Å²) in [5, 5.41) is 2.67. The maximum Gasteiger partial charge on any atom is 0.344 e. The van der Waals surface area contributed by atoms with Crippen LogP contribution in [0.25, 0.3) is 0 Å². The van der Waals surface area contributed by atoms with Crippen molar-refractivity contribution < 1.29 is 23.8 Å². The van der Waals surface area contributed by atoms with Crippen molar-refractivity contribution in [1.82, 2.24) is 5.32 Å². The number of ether oxygens (including phenoxy) is 3. The molecule has 25 heavy (non-hydrogen) atoms. The van der Waals surface area contributed by atoms with Gasteiger partial charge in [0.2, 0.25) is 0 Å². The largest absolute Gasteiger partial charge is 0.497 e. The third-order valence-corrected chi connectivity index (χ3v) is 3.88. The molecular weight excluding hydrogens is 437 g/mol. The van der Waals surface area contributed by atoms with Crippen LogP contribution in [0.15, 0.2) is 48.5 Å². The fourth-order valence-corrected chi connectivity index (χ4v) is 2.25. The van der Waals surface area contributed by atoms with Crippen LogP contribution in [0.3, 0.4) is 0 Å². The number of rotatable bonds is 8. The molecule has 6 nitrogen and oxygen atoms in total. The number of hydrogen-bond acceptors (Lipinski definition) is 5. The van der Waals surface area contributed by atoms with Gasteiger partial charge in [0.05, 0.1) is 7.11 Å². The van der Waals surface area contributed by atoms with Crippen LogP contribution in [0.4, 0.5) is 0 Å². The van der Waals surface area contributed by atoms with Gasteiger partial charge in [0.25, 0.3) is 5.91 Å². The van der Waals surface area contributed by atoms with Crippen LogP contribution in [0.2, 0.25) is 0 Å². The van der Waals surface area contributed by atoms with Crippen molar-refractivity contribution in [3.63, 3.8) is 0 Å². The molecule has 0 saturated carbocycles. The first-order valence-electron chi connectivity index (χ1n) is 7.50. The van der Waals surface area contributed by atoms with E-state index in [0.29, 0.717) is 18.0 Å². The van der Waals surface area contributed by atoms with E-state index in [-0.39, 0.29) is 19.1 Å². The third-order valence-electron chi connectivity index (χ3n) is 3.16. The summed E-state index contributed by atoms with van der Waals surface area (Å²) >= 11 is 2.18. The van der Waals surface area contributed by atoms with Gasteiger partial charge < -0.3 is 19.5 Å². The SMILES string of the molecule is COc1cccc(CNC(=O)COC(=O)COc2ccc(I)cc2)c1. The average Bonchev–Trinajstić information content (AvgIpc) is 2.64. The van der Waals surface area contributed by atoms with Gasteiger partial charge in [-0.25, -0.2) is 4.79 Å². The minimum atomic E-state index is -0.602. The number of carbonyl (C=O) groups excluding carboxylic acids is 2. The van der Waals surface area contributed by atoms with E-state index in [4.69, 9.17) is 14.2 Å². The van der Waals surface area contributed by atoms with Gasteiger partial charge in [-0.15, -0.1) is 0 Å². The minimum Gasteiger partial charge on any atom is -0.497 e. The van der Waals surface area contributed by atoms with Gasteiger partial charge in [-0.05, 0) is 64.6 Å². The van der Waals surface area contributed by atoms with Crippen LogP contribution < -0.4 is 14.8 Å². The van der Waals surface area contributed by atoms with Crippen molar-refractivity contribution in [1.29, 1.82) is 0 Å². The van der Waals surface area contributed by atoms with E-state index in [2.05, 4.69) is 27.9 Å². The second-order valence-corrected chi connectivity index (χ2v) is 6.28. The summed E-state index contributed by atoms with van der Waals surface area (Å²) in [4.78, 5) is 23.3. The Morgan fingerprint density at radius 1 is 1.04 bits per heavy atom. The quantitative estimate of drug-likeness (QED) is 0.490. The van der Waals surface area contributed by atoms with Gasteiger partial charge in [-0.2, -0.15) is 0 Å². The monoisotopic (exact) mass is 455 g/mol. The van der Waals surface area contributed by atoms with Crippen molar-refractivity contribution in [3.05, 3.63) is 57.7 Å². The van der Waals surface area contributed by atoms with E-state index < -0.39 is 5.97 Å². The first kappa shape index (κ1) is 19.0. The summed E-state index contributed by atoms with van der Waals surface area (Å²) in [6, 6.07) is 14.6. The summed E-state index contributed by atoms with van der Waals surface area (Å²) in [5.74, 6) is 0.297. The van der Waals surface area contributed by atoms with E-state index >= 15 is 0 Å². The zero-order valence-corrected chi connectivity index (χ0v) is 15.8. The molecule has 0 aromatic heterocycles. The van der Waals surface area contributed by atoms with Crippen molar-refractivity contribution in [2.24, 2.45) is 0 Å². The normalized spacial score (nSPS) is 10.0. The second-order valence-electron chi connectivity index (χ2n) is 5.03. The Hall–Kier alpha value is -2.29. The van der Waals surface area contributed by atoms with E-state index in [1.807, 2.05) is 36.4 Å². The summed E-state index contributed by atoms with van der Waals surface area (Å²) < 4.78 is 16.4. The maximum absolute atomic E-state index is 11.7. The zero-order valence-electron chi connectivity index (χ0n) is 13.7. The van der Waals surface area contributed by atoms with Gasteiger partial charge in [0.1, 0.15) is 11.5 Å². The summed E-state index contributed by atoms with van der Waals surface area (Å²) in [7, 11) is 1.58. The van der Waals surface area contributed by atoms with E-state index in [0.717, 1.165) is 9.13 Å². The van der Waals surface area contributed by atoms with Crippen molar-refractivity contribution >= 4 is 34.5 Å². The molecule has 0 atom stereocenters. The van der Waals surface area contributed by atoms with Crippen molar-refractivity contribution in [3.8, 4) is 11.5 Å². The van der Waals surface area contributed by atoms with Crippen LogP contribution in [0.5, 0.6) is 11.5 Å². The number of nitrogens with one attached hydrogen (secondary N) is 1. The lowest BCUT2D eigenvalue weighted by molar-refractivity contribution is -0.150. The molecule has 0 radical (unpaired) electrons. The standard InChI is InChI=1S/C18H18INO5/c1-23-16-4-2-3-13(9-16)10-20-17(21)11-25-18(22)12-24-15-7-5-14(19)6-8-15/h2-9H,10-12H2,1H3,(H,20,21). The Bertz CT molecular complexity index is 718.